The molecule has 0 bridgehead atoms. The quantitative estimate of drug-likeness (QED) is 0.717. The molecule has 98 valence electrons. The largest absolute Gasteiger partial charge is 0.398 e. The lowest BCUT2D eigenvalue weighted by Crippen LogP contribution is -2.21. The molecule has 1 amide bonds. The van der Waals surface area contributed by atoms with E-state index < -0.39 is 5.91 Å². The first-order chi connectivity index (χ1) is 8.99. The van der Waals surface area contributed by atoms with Crippen LogP contribution >= 0.6 is 0 Å². The number of carbonyl (C=O) groups is 1. The molecule has 0 aliphatic heterocycles. The van der Waals surface area contributed by atoms with Gasteiger partial charge in [-0.3, -0.25) is 9.59 Å². The van der Waals surface area contributed by atoms with E-state index in [-0.39, 0.29) is 11.0 Å². The second kappa shape index (κ2) is 4.97. The van der Waals surface area contributed by atoms with E-state index in [0.717, 1.165) is 11.1 Å². The van der Waals surface area contributed by atoms with Gasteiger partial charge in [0.25, 0.3) is 5.91 Å². The summed E-state index contributed by atoms with van der Waals surface area (Å²) in [4.78, 5) is 26.3. The number of aromatic nitrogens is 1. The van der Waals surface area contributed by atoms with Crippen molar-refractivity contribution in [1.29, 1.82) is 0 Å². The summed E-state index contributed by atoms with van der Waals surface area (Å²) in [6.45, 7) is 3.77. The fourth-order valence-electron chi connectivity index (χ4n) is 1.79. The highest BCUT2D eigenvalue weighted by Gasteiger charge is 2.11. The van der Waals surface area contributed by atoms with E-state index in [9.17, 15) is 9.59 Å². The van der Waals surface area contributed by atoms with Gasteiger partial charge in [-0.25, -0.2) is 0 Å². The van der Waals surface area contributed by atoms with Crippen molar-refractivity contribution in [2.75, 3.05) is 11.1 Å². The van der Waals surface area contributed by atoms with Crippen LogP contribution in [0.2, 0.25) is 0 Å². The van der Waals surface area contributed by atoms with Crippen molar-refractivity contribution in [1.82, 2.24) is 4.98 Å². The molecule has 0 saturated heterocycles. The van der Waals surface area contributed by atoms with Gasteiger partial charge in [-0.15, -0.1) is 0 Å². The third-order valence-electron chi connectivity index (χ3n) is 2.93. The molecule has 5 heteroatoms. The maximum absolute atomic E-state index is 12.0. The van der Waals surface area contributed by atoms with E-state index in [1.165, 1.54) is 18.5 Å². The molecule has 0 saturated carbocycles. The molecule has 0 aliphatic carbocycles. The van der Waals surface area contributed by atoms with Gasteiger partial charge in [-0.05, 0) is 31.0 Å². The fraction of sp³-hybridized carbons (Fsp3) is 0.143. The molecule has 5 nitrogen and oxygen atoms in total. The Bertz CT molecular complexity index is 689. The number of nitrogens with two attached hydrogens (primary N) is 1. The van der Waals surface area contributed by atoms with Gasteiger partial charge < -0.3 is 16.0 Å². The highest BCUT2D eigenvalue weighted by Crippen LogP contribution is 2.22. The van der Waals surface area contributed by atoms with Gasteiger partial charge in [0.15, 0.2) is 5.43 Å². The Labute approximate surface area is 110 Å². The smallest absolute Gasteiger partial charge is 0.261 e. The first-order valence-electron chi connectivity index (χ1n) is 5.84. The summed E-state index contributed by atoms with van der Waals surface area (Å²) in [6.07, 6.45) is 2.86. The number of nitrogens with one attached hydrogen (secondary N) is 2. The molecule has 0 fully saturated rings. The first kappa shape index (κ1) is 12.9. The van der Waals surface area contributed by atoms with Crippen LogP contribution in [0.4, 0.5) is 11.4 Å². The number of benzene rings is 1. The van der Waals surface area contributed by atoms with E-state index in [1.54, 1.807) is 6.07 Å². The molecule has 1 aromatic carbocycles. The summed E-state index contributed by atoms with van der Waals surface area (Å²) in [7, 11) is 0. The summed E-state index contributed by atoms with van der Waals surface area (Å²) in [6, 6.07) is 4.89. The van der Waals surface area contributed by atoms with Gasteiger partial charge >= 0.3 is 0 Å². The van der Waals surface area contributed by atoms with Crippen molar-refractivity contribution in [3.63, 3.8) is 0 Å². The number of anilines is 2. The third kappa shape index (κ3) is 2.65. The summed E-state index contributed by atoms with van der Waals surface area (Å²) >= 11 is 0. The van der Waals surface area contributed by atoms with Crippen LogP contribution in [-0.2, 0) is 0 Å². The number of hydrogen-bond acceptors (Lipinski definition) is 3. The molecule has 4 N–H and O–H groups in total. The van der Waals surface area contributed by atoms with Crippen LogP contribution in [0.25, 0.3) is 0 Å². The zero-order valence-electron chi connectivity index (χ0n) is 10.8. The predicted octanol–water partition coefficient (Wildman–Crippen LogP) is 1.83. The number of H-pyrrole nitrogens is 1. The third-order valence-corrected chi connectivity index (χ3v) is 2.93. The van der Waals surface area contributed by atoms with Crippen molar-refractivity contribution >= 4 is 17.3 Å². The lowest BCUT2D eigenvalue weighted by molar-refractivity contribution is 0.102. The Balaban J connectivity index is 2.32. The molecule has 1 heterocycles. The van der Waals surface area contributed by atoms with Crippen molar-refractivity contribution in [2.45, 2.75) is 13.8 Å². The predicted molar refractivity (Wildman–Crippen MR) is 75.3 cm³/mol. The summed E-state index contributed by atoms with van der Waals surface area (Å²) < 4.78 is 0. The minimum absolute atomic E-state index is 0.0704. The van der Waals surface area contributed by atoms with Gasteiger partial charge in [0.1, 0.15) is 5.56 Å². The molecule has 2 rings (SSSR count). The molecule has 0 aliphatic rings. The van der Waals surface area contributed by atoms with E-state index in [2.05, 4.69) is 10.3 Å². The monoisotopic (exact) mass is 257 g/mol. The standard InChI is InChI=1S/C14H15N3O2/c1-8-5-9(2)12(6-11(8)15)17-14(19)10-7-16-4-3-13(10)18/h3-7H,15H2,1-2H3,(H,16,18)(H,17,19). The molecule has 19 heavy (non-hydrogen) atoms. The maximum atomic E-state index is 12.0. The Hall–Kier alpha value is -2.56. The van der Waals surface area contributed by atoms with E-state index in [1.807, 2.05) is 19.9 Å². The topological polar surface area (TPSA) is 88.0 Å². The number of aryl methyl sites for hydroxylation is 2. The lowest BCUT2D eigenvalue weighted by atomic mass is 10.1. The number of nitrogen functional groups attached to an aromatic ring is 1. The normalized spacial score (nSPS) is 10.2. The Morgan fingerprint density at radius 3 is 2.68 bits per heavy atom. The van der Waals surface area contributed by atoms with Crippen molar-refractivity contribution in [2.24, 2.45) is 0 Å². The molecule has 1 aromatic heterocycles. The highest BCUT2D eigenvalue weighted by molar-refractivity contribution is 6.04. The van der Waals surface area contributed by atoms with Gasteiger partial charge in [0, 0.05) is 29.8 Å². The van der Waals surface area contributed by atoms with Crippen LogP contribution in [0.15, 0.2) is 35.4 Å². The zero-order valence-corrected chi connectivity index (χ0v) is 10.8. The van der Waals surface area contributed by atoms with E-state index in [4.69, 9.17) is 5.73 Å². The minimum Gasteiger partial charge on any atom is -0.398 e. The molecule has 0 spiro atoms. The number of rotatable bonds is 2. The lowest BCUT2D eigenvalue weighted by Gasteiger charge is -2.10. The van der Waals surface area contributed by atoms with Gasteiger partial charge in [-0.2, -0.15) is 0 Å². The maximum Gasteiger partial charge on any atom is 0.261 e. The van der Waals surface area contributed by atoms with Crippen molar-refractivity contribution in [3.05, 3.63) is 57.5 Å². The average molecular weight is 257 g/mol. The SMILES string of the molecule is Cc1cc(C)c(NC(=O)c2c[nH]ccc2=O)cc1N. The Morgan fingerprint density at radius 1 is 1.26 bits per heavy atom. The molecular formula is C14H15N3O2. The minimum atomic E-state index is -0.451. The summed E-state index contributed by atoms with van der Waals surface area (Å²) in [5, 5.41) is 2.70. The second-order valence-corrected chi connectivity index (χ2v) is 4.40. The zero-order chi connectivity index (χ0) is 14.0. The highest BCUT2D eigenvalue weighted by atomic mass is 16.2. The summed E-state index contributed by atoms with van der Waals surface area (Å²) in [5.41, 5.74) is 8.62. The number of amides is 1. The van der Waals surface area contributed by atoms with E-state index in [0.29, 0.717) is 11.4 Å². The average Bonchev–Trinajstić information content (AvgIpc) is 2.36. The van der Waals surface area contributed by atoms with Crippen LogP contribution in [0, 0.1) is 13.8 Å². The van der Waals surface area contributed by atoms with Crippen LogP contribution < -0.4 is 16.5 Å². The van der Waals surface area contributed by atoms with Crippen molar-refractivity contribution in [3.8, 4) is 0 Å². The number of carbonyl (C=O) groups excluding carboxylic acids is 1. The Kier molecular flexibility index (Phi) is 3.37. The van der Waals surface area contributed by atoms with Crippen LogP contribution in [0.3, 0.4) is 0 Å². The number of hydrogen-bond donors (Lipinski definition) is 3. The van der Waals surface area contributed by atoms with E-state index >= 15 is 0 Å². The van der Waals surface area contributed by atoms with Gasteiger partial charge in [0.2, 0.25) is 0 Å². The number of pyridine rings is 1. The van der Waals surface area contributed by atoms with Crippen molar-refractivity contribution < 1.29 is 4.79 Å². The fourth-order valence-corrected chi connectivity index (χ4v) is 1.79. The molecule has 0 unspecified atom stereocenters. The first-order valence-corrected chi connectivity index (χ1v) is 5.84. The molecule has 0 atom stereocenters. The Morgan fingerprint density at radius 2 is 2.00 bits per heavy atom. The van der Waals surface area contributed by atoms with Crippen LogP contribution in [-0.4, -0.2) is 10.9 Å². The molecular weight excluding hydrogens is 242 g/mol. The molecule has 2 aromatic rings. The molecule has 0 radical (unpaired) electrons. The number of aromatic amines is 1. The van der Waals surface area contributed by atoms with Gasteiger partial charge in [-0.1, -0.05) is 6.07 Å². The van der Waals surface area contributed by atoms with Gasteiger partial charge in [0.05, 0.1) is 0 Å². The van der Waals surface area contributed by atoms with Crippen LogP contribution in [0.5, 0.6) is 0 Å². The second-order valence-electron chi connectivity index (χ2n) is 4.40. The summed E-state index contributed by atoms with van der Waals surface area (Å²) in [5.74, 6) is -0.451. The van der Waals surface area contributed by atoms with Crippen LogP contribution in [0.1, 0.15) is 21.5 Å².